The lowest BCUT2D eigenvalue weighted by atomic mass is 10.1. The van der Waals surface area contributed by atoms with Crippen molar-refractivity contribution in [3.8, 4) is 0 Å². The molecule has 3 rings (SSSR count). The second kappa shape index (κ2) is 6.52. The molecule has 2 aliphatic heterocycles. The molecule has 3 N–H and O–H groups in total. The number of amides is 1. The molecule has 2 aliphatic rings. The van der Waals surface area contributed by atoms with E-state index in [-0.39, 0.29) is 11.3 Å². The summed E-state index contributed by atoms with van der Waals surface area (Å²) in [5.41, 5.74) is 6.10. The highest BCUT2D eigenvalue weighted by atomic mass is 32.2. The lowest BCUT2D eigenvalue weighted by Gasteiger charge is -2.48. The second-order valence-corrected chi connectivity index (χ2v) is 7.98. The quantitative estimate of drug-likeness (QED) is 0.329. The van der Waals surface area contributed by atoms with Crippen LogP contribution in [-0.2, 0) is 14.3 Å². The summed E-state index contributed by atoms with van der Waals surface area (Å²) in [5, 5.41) is 11.4. The number of esters is 1. The van der Waals surface area contributed by atoms with Gasteiger partial charge >= 0.3 is 5.97 Å². The first-order valence-corrected chi connectivity index (χ1v) is 9.29. The summed E-state index contributed by atoms with van der Waals surface area (Å²) in [6.45, 7) is 0. The first-order chi connectivity index (χ1) is 10.6. The zero-order chi connectivity index (χ0) is 15.7. The van der Waals surface area contributed by atoms with Gasteiger partial charge in [0, 0.05) is 15.7 Å². The van der Waals surface area contributed by atoms with Crippen LogP contribution in [-0.4, -0.2) is 61.6 Å². The smallest absolute Gasteiger partial charge is 0.355 e. The zero-order valence-corrected chi connectivity index (χ0v) is 14.0. The van der Waals surface area contributed by atoms with Crippen molar-refractivity contribution in [2.45, 2.75) is 16.4 Å². The molecule has 0 saturated carbocycles. The van der Waals surface area contributed by atoms with Gasteiger partial charge in [0.2, 0.25) is 5.91 Å². The lowest BCUT2D eigenvalue weighted by molar-refractivity contribution is -0.149. The summed E-state index contributed by atoms with van der Waals surface area (Å²) in [6, 6.07) is -0.540. The van der Waals surface area contributed by atoms with Gasteiger partial charge in [0.15, 0.2) is 0 Å². The van der Waals surface area contributed by atoms with Crippen LogP contribution in [0.2, 0.25) is 0 Å². The van der Waals surface area contributed by atoms with Gasteiger partial charge in [0.25, 0.3) is 0 Å². The Kier molecular flexibility index (Phi) is 4.66. The van der Waals surface area contributed by atoms with Gasteiger partial charge < -0.3 is 10.5 Å². The van der Waals surface area contributed by atoms with E-state index in [1.165, 1.54) is 35.5 Å². The summed E-state index contributed by atoms with van der Waals surface area (Å²) in [6.07, 6.45) is 1.63. The van der Waals surface area contributed by atoms with Crippen LogP contribution in [0.4, 0.5) is 0 Å². The maximum absolute atomic E-state index is 12.0. The van der Waals surface area contributed by atoms with Crippen molar-refractivity contribution < 1.29 is 14.3 Å². The van der Waals surface area contributed by atoms with Gasteiger partial charge in [0.05, 0.1) is 13.3 Å². The third kappa shape index (κ3) is 2.73. The van der Waals surface area contributed by atoms with Crippen LogP contribution in [0.3, 0.4) is 0 Å². The molecule has 1 aromatic rings. The van der Waals surface area contributed by atoms with Crippen molar-refractivity contribution in [1.29, 1.82) is 0 Å². The Hall–Kier alpha value is -1.17. The third-order valence-electron chi connectivity index (χ3n) is 3.19. The minimum Gasteiger partial charge on any atom is -0.464 e. The minimum absolute atomic E-state index is 0.171. The molecule has 8 nitrogen and oxygen atoms in total. The van der Waals surface area contributed by atoms with Gasteiger partial charge in [0.1, 0.15) is 22.1 Å². The fourth-order valence-electron chi connectivity index (χ4n) is 2.11. The number of methoxy groups -OCH3 is 1. The van der Waals surface area contributed by atoms with E-state index in [0.717, 1.165) is 9.93 Å². The number of ether oxygens (including phenoxy) is 1. The van der Waals surface area contributed by atoms with Gasteiger partial charge in [-0.2, -0.15) is 0 Å². The van der Waals surface area contributed by atoms with Crippen LogP contribution in [0.15, 0.2) is 21.8 Å². The number of nitrogens with one attached hydrogen (secondary N) is 1. The topological polar surface area (TPSA) is 114 Å². The van der Waals surface area contributed by atoms with Gasteiger partial charge in [-0.15, -0.1) is 28.6 Å². The number of hydrogen-bond donors (Lipinski definition) is 2. The average molecular weight is 359 g/mol. The summed E-state index contributed by atoms with van der Waals surface area (Å²) in [5.74, 6) is -0.0960. The molecule has 118 valence electrons. The summed E-state index contributed by atoms with van der Waals surface area (Å²) >= 11 is 4.59. The van der Waals surface area contributed by atoms with Gasteiger partial charge in [-0.05, 0) is 0 Å². The molecule has 1 fully saturated rings. The molecular weight excluding hydrogens is 346 g/mol. The number of aromatic amines is 1. The standard InChI is InChI=1S/C11H13N5O3S3/c1-19-11(18)8-5(21-4-22-6-2-13-15-14-6)3-20-10-7(12)9(17)16(8)10/h2,7,10H,3-4,12H2,1H3,(H,13,14,15)/t7?,10-/m0/s1. The van der Waals surface area contributed by atoms with E-state index in [9.17, 15) is 9.59 Å². The Bertz CT molecular complexity index is 620. The molecule has 0 bridgehead atoms. The number of H-pyrrole nitrogens is 1. The van der Waals surface area contributed by atoms with Crippen LogP contribution in [0.5, 0.6) is 0 Å². The first-order valence-electron chi connectivity index (χ1n) is 6.27. The van der Waals surface area contributed by atoms with Crippen molar-refractivity contribution >= 4 is 47.2 Å². The van der Waals surface area contributed by atoms with Crippen molar-refractivity contribution in [3.63, 3.8) is 0 Å². The molecule has 1 unspecified atom stereocenters. The van der Waals surface area contributed by atoms with E-state index in [2.05, 4.69) is 15.4 Å². The predicted octanol–water partition coefficient (Wildman–Crippen LogP) is 0.214. The molecule has 0 spiro atoms. The molecule has 1 amide bonds. The van der Waals surface area contributed by atoms with Crippen molar-refractivity contribution in [2.24, 2.45) is 5.73 Å². The average Bonchev–Trinajstić information content (AvgIpc) is 3.06. The Morgan fingerprint density at radius 1 is 1.64 bits per heavy atom. The Morgan fingerprint density at radius 2 is 2.45 bits per heavy atom. The van der Waals surface area contributed by atoms with E-state index >= 15 is 0 Å². The summed E-state index contributed by atoms with van der Waals surface area (Å²) in [7, 11) is 1.31. The fourth-order valence-corrected chi connectivity index (χ4v) is 5.64. The summed E-state index contributed by atoms with van der Waals surface area (Å²) < 4.78 is 4.82. The number of nitrogens with two attached hydrogens (primary N) is 1. The molecule has 0 aromatic carbocycles. The number of thioether (sulfide) groups is 3. The number of carbonyl (C=O) groups is 2. The number of carbonyl (C=O) groups excluding carboxylic acids is 2. The number of β-lactam (4-membered cyclic amide) rings is 1. The molecule has 0 radical (unpaired) electrons. The molecule has 2 atom stereocenters. The highest BCUT2D eigenvalue weighted by Gasteiger charge is 2.52. The number of fused-ring (bicyclic) bond motifs is 1. The SMILES string of the molecule is COC(=O)C1=C(SCSc2cnn[nH]2)CS[C@H]2C(N)C(=O)N12. The minimum atomic E-state index is -0.540. The largest absolute Gasteiger partial charge is 0.464 e. The number of aromatic nitrogens is 3. The van der Waals surface area contributed by atoms with E-state index in [0.29, 0.717) is 16.5 Å². The Labute approximate surface area is 139 Å². The number of rotatable bonds is 5. The van der Waals surface area contributed by atoms with Crippen LogP contribution < -0.4 is 5.73 Å². The fraction of sp³-hybridized carbons (Fsp3) is 0.455. The molecule has 11 heteroatoms. The third-order valence-corrected chi connectivity index (χ3v) is 6.81. The molecular formula is C11H13N5O3S3. The first kappa shape index (κ1) is 15.7. The Morgan fingerprint density at radius 3 is 3.14 bits per heavy atom. The highest BCUT2D eigenvalue weighted by Crippen LogP contribution is 2.43. The van der Waals surface area contributed by atoms with Gasteiger partial charge in [-0.1, -0.05) is 17.0 Å². The van der Waals surface area contributed by atoms with Crippen LogP contribution >= 0.6 is 35.3 Å². The molecule has 0 aliphatic carbocycles. The van der Waals surface area contributed by atoms with E-state index in [4.69, 9.17) is 10.5 Å². The molecule has 1 saturated heterocycles. The highest BCUT2D eigenvalue weighted by molar-refractivity contribution is 8.18. The van der Waals surface area contributed by atoms with Crippen molar-refractivity contribution in [3.05, 3.63) is 16.8 Å². The van der Waals surface area contributed by atoms with Gasteiger partial charge in [-0.25, -0.2) is 4.79 Å². The van der Waals surface area contributed by atoms with Crippen molar-refractivity contribution in [2.75, 3.05) is 17.9 Å². The van der Waals surface area contributed by atoms with E-state index in [1.54, 1.807) is 18.0 Å². The van der Waals surface area contributed by atoms with Crippen LogP contribution in [0.1, 0.15) is 0 Å². The van der Waals surface area contributed by atoms with E-state index < -0.39 is 12.0 Å². The molecule has 3 heterocycles. The monoisotopic (exact) mass is 359 g/mol. The zero-order valence-electron chi connectivity index (χ0n) is 11.5. The number of hydrogen-bond acceptors (Lipinski definition) is 9. The molecule has 1 aromatic heterocycles. The van der Waals surface area contributed by atoms with Gasteiger partial charge in [-0.3, -0.25) is 14.8 Å². The van der Waals surface area contributed by atoms with Crippen LogP contribution in [0.25, 0.3) is 0 Å². The maximum Gasteiger partial charge on any atom is 0.355 e. The second-order valence-electron chi connectivity index (χ2n) is 4.43. The normalized spacial score (nSPS) is 24.1. The lowest BCUT2D eigenvalue weighted by Crippen LogP contribution is -2.68. The predicted molar refractivity (Wildman–Crippen MR) is 84.8 cm³/mol. The molecule has 22 heavy (non-hydrogen) atoms. The van der Waals surface area contributed by atoms with Crippen molar-refractivity contribution in [1.82, 2.24) is 20.3 Å². The summed E-state index contributed by atoms with van der Waals surface area (Å²) in [4.78, 5) is 26.3. The van der Waals surface area contributed by atoms with Crippen LogP contribution in [0, 0.1) is 0 Å². The van der Waals surface area contributed by atoms with E-state index in [1.807, 2.05) is 0 Å². The number of nitrogens with zero attached hydrogens (tertiary/aromatic N) is 3. The Balaban J connectivity index is 1.74. The maximum atomic E-state index is 12.0.